The molecule has 2 aromatic carbocycles. The molecule has 2 aromatic rings. The number of anilines is 1. The first kappa shape index (κ1) is 21.0. The van der Waals surface area contributed by atoms with Crippen molar-refractivity contribution >= 4 is 23.7 Å². The lowest BCUT2D eigenvalue weighted by atomic mass is 9.94. The molecule has 0 spiro atoms. The van der Waals surface area contributed by atoms with Crippen molar-refractivity contribution in [2.45, 2.75) is 13.8 Å². The molecule has 0 aliphatic carbocycles. The largest absolute Gasteiger partial charge is 0.497 e. The van der Waals surface area contributed by atoms with E-state index in [1.165, 1.54) is 6.21 Å². The van der Waals surface area contributed by atoms with Gasteiger partial charge >= 0.3 is 0 Å². The van der Waals surface area contributed by atoms with Gasteiger partial charge in [-0.2, -0.15) is 5.10 Å². The SMILES string of the molecule is COc1ccc(NC(=O)C(C(=O)NN=Cc2ccccc2OC)C(C)C)cc1. The van der Waals surface area contributed by atoms with Gasteiger partial charge in [0.05, 0.1) is 20.4 Å². The number of hydrogen-bond acceptors (Lipinski definition) is 5. The van der Waals surface area contributed by atoms with Gasteiger partial charge < -0.3 is 14.8 Å². The van der Waals surface area contributed by atoms with Crippen LogP contribution in [-0.4, -0.2) is 32.2 Å². The first-order chi connectivity index (χ1) is 13.5. The van der Waals surface area contributed by atoms with Gasteiger partial charge in [0.15, 0.2) is 0 Å². The Kier molecular flexibility index (Phi) is 7.56. The molecule has 0 saturated carbocycles. The van der Waals surface area contributed by atoms with Crippen molar-refractivity contribution in [3.8, 4) is 11.5 Å². The third kappa shape index (κ3) is 5.57. The molecule has 28 heavy (non-hydrogen) atoms. The third-order valence-corrected chi connectivity index (χ3v) is 4.11. The van der Waals surface area contributed by atoms with Crippen molar-refractivity contribution in [1.82, 2.24) is 5.43 Å². The highest BCUT2D eigenvalue weighted by Gasteiger charge is 2.29. The minimum atomic E-state index is -0.892. The number of ether oxygens (including phenoxy) is 2. The summed E-state index contributed by atoms with van der Waals surface area (Å²) in [4.78, 5) is 25.1. The van der Waals surface area contributed by atoms with Crippen LogP contribution >= 0.6 is 0 Å². The number of nitrogens with one attached hydrogen (secondary N) is 2. The number of nitrogens with zero attached hydrogens (tertiary/aromatic N) is 1. The van der Waals surface area contributed by atoms with Gasteiger partial charge in [-0.15, -0.1) is 0 Å². The molecule has 0 aliphatic heterocycles. The standard InChI is InChI=1S/C21H25N3O4/c1-14(2)19(20(25)23-16-9-11-17(27-3)12-10-16)21(26)24-22-13-15-7-5-6-8-18(15)28-4/h5-14,19H,1-4H3,(H,23,25)(H,24,26). The summed E-state index contributed by atoms with van der Waals surface area (Å²) in [6, 6.07) is 14.2. The summed E-state index contributed by atoms with van der Waals surface area (Å²) < 4.78 is 10.3. The van der Waals surface area contributed by atoms with E-state index in [0.717, 1.165) is 0 Å². The van der Waals surface area contributed by atoms with Crippen LogP contribution in [0.4, 0.5) is 5.69 Å². The zero-order valence-corrected chi connectivity index (χ0v) is 16.4. The summed E-state index contributed by atoms with van der Waals surface area (Å²) in [6.07, 6.45) is 1.48. The van der Waals surface area contributed by atoms with E-state index in [1.54, 1.807) is 44.6 Å². The summed E-state index contributed by atoms with van der Waals surface area (Å²) in [5.41, 5.74) is 3.74. The number of rotatable bonds is 8. The molecule has 0 fully saturated rings. The predicted molar refractivity (Wildman–Crippen MR) is 109 cm³/mol. The normalized spacial score (nSPS) is 11.9. The van der Waals surface area contributed by atoms with E-state index in [2.05, 4.69) is 15.8 Å². The van der Waals surface area contributed by atoms with Gasteiger partial charge in [0.2, 0.25) is 5.91 Å². The van der Waals surface area contributed by atoms with E-state index < -0.39 is 17.7 Å². The molecule has 0 bridgehead atoms. The second-order valence-corrected chi connectivity index (χ2v) is 6.42. The lowest BCUT2D eigenvalue weighted by Crippen LogP contribution is -2.39. The molecule has 2 N–H and O–H groups in total. The van der Waals surface area contributed by atoms with Crippen LogP contribution < -0.4 is 20.2 Å². The van der Waals surface area contributed by atoms with Crippen LogP contribution in [0.1, 0.15) is 19.4 Å². The maximum absolute atomic E-state index is 12.6. The zero-order chi connectivity index (χ0) is 20.5. The van der Waals surface area contributed by atoms with E-state index >= 15 is 0 Å². The van der Waals surface area contributed by atoms with Crippen molar-refractivity contribution in [1.29, 1.82) is 0 Å². The molecule has 1 atom stereocenters. The van der Waals surface area contributed by atoms with Crippen molar-refractivity contribution in [3.63, 3.8) is 0 Å². The van der Waals surface area contributed by atoms with Gasteiger partial charge in [0.1, 0.15) is 17.4 Å². The average molecular weight is 383 g/mol. The first-order valence-corrected chi connectivity index (χ1v) is 8.87. The van der Waals surface area contributed by atoms with Crippen LogP contribution in [-0.2, 0) is 9.59 Å². The molecule has 0 aromatic heterocycles. The molecular weight excluding hydrogens is 358 g/mol. The molecule has 7 heteroatoms. The second kappa shape index (κ2) is 10.1. The Bertz CT molecular complexity index is 832. The van der Waals surface area contributed by atoms with E-state index in [-0.39, 0.29) is 5.92 Å². The van der Waals surface area contributed by atoms with Crippen LogP contribution in [0.5, 0.6) is 11.5 Å². The molecule has 0 aliphatic rings. The van der Waals surface area contributed by atoms with Crippen LogP contribution in [0.2, 0.25) is 0 Å². The van der Waals surface area contributed by atoms with Crippen LogP contribution in [0.15, 0.2) is 53.6 Å². The lowest BCUT2D eigenvalue weighted by molar-refractivity contribution is -0.134. The predicted octanol–water partition coefficient (Wildman–Crippen LogP) is 3.06. The van der Waals surface area contributed by atoms with E-state index in [9.17, 15) is 9.59 Å². The first-order valence-electron chi connectivity index (χ1n) is 8.87. The summed E-state index contributed by atoms with van der Waals surface area (Å²) in [7, 11) is 3.13. The van der Waals surface area contributed by atoms with Gasteiger partial charge in [-0.3, -0.25) is 9.59 Å². The Hall–Kier alpha value is -3.35. The molecule has 1 unspecified atom stereocenters. The topological polar surface area (TPSA) is 89.0 Å². The number of hydrazone groups is 1. The zero-order valence-electron chi connectivity index (χ0n) is 16.4. The maximum atomic E-state index is 12.6. The number of hydrogen-bond donors (Lipinski definition) is 2. The highest BCUT2D eigenvalue weighted by atomic mass is 16.5. The van der Waals surface area contributed by atoms with Crippen molar-refractivity contribution < 1.29 is 19.1 Å². The molecule has 148 valence electrons. The van der Waals surface area contributed by atoms with Gasteiger partial charge in [-0.1, -0.05) is 26.0 Å². The number of benzene rings is 2. The minimum absolute atomic E-state index is 0.209. The molecule has 2 amide bonds. The fourth-order valence-electron chi connectivity index (χ4n) is 2.63. The molecule has 2 rings (SSSR count). The number of methoxy groups -OCH3 is 2. The number of para-hydroxylation sites is 1. The number of carbonyl (C=O) groups is 2. The maximum Gasteiger partial charge on any atom is 0.252 e. The summed E-state index contributed by atoms with van der Waals surface area (Å²) >= 11 is 0. The highest BCUT2D eigenvalue weighted by molar-refractivity contribution is 6.06. The smallest absolute Gasteiger partial charge is 0.252 e. The van der Waals surface area contributed by atoms with Gasteiger partial charge in [-0.05, 0) is 42.3 Å². The fraction of sp³-hybridized carbons (Fsp3) is 0.286. The molecule has 7 nitrogen and oxygen atoms in total. The second-order valence-electron chi connectivity index (χ2n) is 6.42. The molecule has 0 saturated heterocycles. The van der Waals surface area contributed by atoms with Crippen molar-refractivity contribution in [2.75, 3.05) is 19.5 Å². The number of amides is 2. The van der Waals surface area contributed by atoms with Gasteiger partial charge in [-0.25, -0.2) is 5.43 Å². The van der Waals surface area contributed by atoms with E-state index in [0.29, 0.717) is 22.7 Å². The van der Waals surface area contributed by atoms with E-state index in [1.807, 2.05) is 32.0 Å². The summed E-state index contributed by atoms with van der Waals surface area (Å²) in [6.45, 7) is 3.61. The van der Waals surface area contributed by atoms with Crippen LogP contribution in [0, 0.1) is 11.8 Å². The van der Waals surface area contributed by atoms with Gasteiger partial charge in [0, 0.05) is 11.3 Å². The number of carbonyl (C=O) groups excluding carboxylic acids is 2. The van der Waals surface area contributed by atoms with Crippen LogP contribution in [0.25, 0.3) is 0 Å². The summed E-state index contributed by atoms with van der Waals surface area (Å²) in [5, 5.41) is 6.72. The van der Waals surface area contributed by atoms with Crippen molar-refractivity contribution in [3.05, 3.63) is 54.1 Å². The quantitative estimate of drug-likeness (QED) is 0.417. The third-order valence-electron chi connectivity index (χ3n) is 4.11. The molecule has 0 heterocycles. The Labute approximate surface area is 164 Å². The molecule has 0 radical (unpaired) electrons. The molecular formula is C21H25N3O4. The highest BCUT2D eigenvalue weighted by Crippen LogP contribution is 2.19. The monoisotopic (exact) mass is 383 g/mol. The fourth-order valence-corrected chi connectivity index (χ4v) is 2.63. The Morgan fingerprint density at radius 2 is 1.64 bits per heavy atom. The van der Waals surface area contributed by atoms with Gasteiger partial charge in [0.25, 0.3) is 5.91 Å². The Balaban J connectivity index is 2.04. The van der Waals surface area contributed by atoms with E-state index in [4.69, 9.17) is 9.47 Å². The average Bonchev–Trinajstić information content (AvgIpc) is 2.68. The van der Waals surface area contributed by atoms with Crippen molar-refractivity contribution in [2.24, 2.45) is 16.9 Å². The Morgan fingerprint density at radius 3 is 2.25 bits per heavy atom. The Morgan fingerprint density at radius 1 is 0.964 bits per heavy atom. The van der Waals surface area contributed by atoms with Crippen LogP contribution in [0.3, 0.4) is 0 Å². The minimum Gasteiger partial charge on any atom is -0.497 e. The lowest BCUT2D eigenvalue weighted by Gasteiger charge is -2.18. The summed E-state index contributed by atoms with van der Waals surface area (Å²) in [5.74, 6) is -0.658.